The van der Waals surface area contributed by atoms with Crippen LogP contribution >= 0.6 is 0 Å². The van der Waals surface area contributed by atoms with Crippen molar-refractivity contribution in [1.29, 1.82) is 0 Å². The van der Waals surface area contributed by atoms with Crippen molar-refractivity contribution in [1.82, 2.24) is 24.6 Å². The van der Waals surface area contributed by atoms with E-state index in [1.165, 1.54) is 6.33 Å². The third kappa shape index (κ3) is 6.41. The predicted molar refractivity (Wildman–Crippen MR) is 130 cm³/mol. The number of nitrogens with zero attached hydrogens (tertiary/aromatic N) is 5. The van der Waals surface area contributed by atoms with E-state index in [9.17, 15) is 19.5 Å². The lowest BCUT2D eigenvalue weighted by Gasteiger charge is -2.30. The smallest absolute Gasteiger partial charge is 0.332 e. The Morgan fingerprint density at radius 3 is 2.46 bits per heavy atom. The van der Waals surface area contributed by atoms with Crippen LogP contribution in [-0.2, 0) is 20.9 Å². The minimum absolute atomic E-state index is 0.169. The molecule has 2 unspecified atom stereocenters. The minimum atomic E-state index is -1.31. The molecule has 2 atom stereocenters. The van der Waals surface area contributed by atoms with E-state index in [-0.39, 0.29) is 17.9 Å². The largest absolute Gasteiger partial charge is 0.478 e. The Hall–Kier alpha value is -3.34. The molecule has 190 valence electrons. The zero-order valence-corrected chi connectivity index (χ0v) is 20.6. The second-order valence-electron chi connectivity index (χ2n) is 9.55. The summed E-state index contributed by atoms with van der Waals surface area (Å²) in [5.74, 6) is -3.43. The summed E-state index contributed by atoms with van der Waals surface area (Å²) in [4.78, 5) is 46.6. The topological polar surface area (TPSA) is 151 Å². The summed E-state index contributed by atoms with van der Waals surface area (Å²) in [6.45, 7) is 10.1. The number of rotatable bonds is 10. The van der Waals surface area contributed by atoms with Gasteiger partial charge >= 0.3 is 11.9 Å². The molecule has 1 fully saturated rings. The molecule has 3 N–H and O–H groups in total. The first kappa shape index (κ1) is 26.3. The highest BCUT2D eigenvalue weighted by Crippen LogP contribution is 2.35. The van der Waals surface area contributed by atoms with Gasteiger partial charge < -0.3 is 15.5 Å². The molecule has 1 saturated carbocycles. The second kappa shape index (κ2) is 11.4. The van der Waals surface area contributed by atoms with Crippen LogP contribution in [0.15, 0.2) is 24.2 Å². The lowest BCUT2D eigenvalue weighted by molar-refractivity contribution is -0.136. The molecule has 1 aliphatic rings. The molecule has 11 nitrogen and oxygen atoms in total. The maximum Gasteiger partial charge on any atom is 0.332 e. The molecule has 2 aromatic heterocycles. The number of aliphatic carboxylic acids is 2. The van der Waals surface area contributed by atoms with E-state index in [2.05, 4.69) is 53.0 Å². The van der Waals surface area contributed by atoms with E-state index in [0.29, 0.717) is 54.7 Å². The zero-order valence-electron chi connectivity index (χ0n) is 20.6. The number of carboxylic acids is 2. The maximum absolute atomic E-state index is 13.1. The van der Waals surface area contributed by atoms with E-state index >= 15 is 0 Å². The van der Waals surface area contributed by atoms with Crippen molar-refractivity contribution in [2.45, 2.75) is 72.0 Å². The summed E-state index contributed by atoms with van der Waals surface area (Å²) in [7, 11) is 0. The van der Waals surface area contributed by atoms with Crippen LogP contribution in [0.1, 0.15) is 53.4 Å². The third-order valence-electron chi connectivity index (χ3n) is 6.58. The molecule has 0 aromatic carbocycles. The van der Waals surface area contributed by atoms with E-state index in [4.69, 9.17) is 5.11 Å². The average Bonchev–Trinajstić information content (AvgIpc) is 3.21. The molecule has 0 aliphatic heterocycles. The molecule has 0 saturated heterocycles. The summed E-state index contributed by atoms with van der Waals surface area (Å²) < 4.78 is 1.80. The number of amides is 1. The van der Waals surface area contributed by atoms with Crippen molar-refractivity contribution in [3.8, 4) is 0 Å². The van der Waals surface area contributed by atoms with Crippen LogP contribution in [0, 0.1) is 11.8 Å². The molecule has 2 heterocycles. The second-order valence-corrected chi connectivity index (χ2v) is 9.55. The van der Waals surface area contributed by atoms with Crippen LogP contribution < -0.4 is 5.32 Å². The Morgan fingerprint density at radius 2 is 1.83 bits per heavy atom. The first-order chi connectivity index (χ1) is 16.6. The normalized spacial score (nSPS) is 19.0. The van der Waals surface area contributed by atoms with Crippen molar-refractivity contribution >= 4 is 34.7 Å². The fourth-order valence-corrected chi connectivity index (χ4v) is 4.90. The van der Waals surface area contributed by atoms with Gasteiger partial charge in [-0.15, -0.1) is 0 Å². The molecule has 0 radical (unpaired) electrons. The van der Waals surface area contributed by atoms with Gasteiger partial charge in [0.2, 0.25) is 5.91 Å². The molecule has 1 amide bonds. The van der Waals surface area contributed by atoms with Gasteiger partial charge in [-0.2, -0.15) is 5.10 Å². The van der Waals surface area contributed by atoms with Crippen LogP contribution in [0.25, 0.3) is 11.0 Å². The van der Waals surface area contributed by atoms with Crippen molar-refractivity contribution in [3.63, 3.8) is 0 Å². The van der Waals surface area contributed by atoms with Crippen LogP contribution in [0.4, 0.5) is 5.82 Å². The summed E-state index contributed by atoms with van der Waals surface area (Å²) in [6, 6.07) is 0.792. The van der Waals surface area contributed by atoms with Crippen LogP contribution in [-0.4, -0.2) is 71.3 Å². The standard InChI is InChI=1S/C24H34N6O5/c1-14(2)29(15(3)4)8-9-30-22-19(12-27-30)21(25-13-26-22)28-23(33)17-7-5-6-16(10-17)18(24(34)35)11-20(31)32/h11-17H,5-10H2,1-4H3,(H,31,32)(H,34,35)(H,25,26,28,33)/b18-11+. The fraction of sp³-hybridized carbons (Fsp3) is 0.583. The highest BCUT2D eigenvalue weighted by atomic mass is 16.4. The molecular weight excluding hydrogens is 452 g/mol. The average molecular weight is 487 g/mol. The van der Waals surface area contributed by atoms with Gasteiger partial charge in [0.15, 0.2) is 5.65 Å². The summed E-state index contributed by atoms with van der Waals surface area (Å²) in [6.07, 6.45) is 5.79. The first-order valence-electron chi connectivity index (χ1n) is 12.0. The van der Waals surface area contributed by atoms with E-state index in [0.717, 1.165) is 12.6 Å². The number of carboxylic acid groups (broad SMARTS) is 2. The fourth-order valence-electron chi connectivity index (χ4n) is 4.90. The summed E-state index contributed by atoms with van der Waals surface area (Å²) >= 11 is 0. The Labute approximate surface area is 204 Å². The van der Waals surface area contributed by atoms with Gasteiger partial charge in [-0.3, -0.25) is 9.69 Å². The van der Waals surface area contributed by atoms with Crippen LogP contribution in [0.3, 0.4) is 0 Å². The molecule has 35 heavy (non-hydrogen) atoms. The molecular formula is C24H34N6O5. The van der Waals surface area contributed by atoms with E-state index in [1.807, 2.05) is 0 Å². The number of carbonyl (C=O) groups excluding carboxylic acids is 1. The van der Waals surface area contributed by atoms with Gasteiger partial charge in [0.1, 0.15) is 12.1 Å². The van der Waals surface area contributed by atoms with Crippen molar-refractivity contribution < 1.29 is 24.6 Å². The van der Waals surface area contributed by atoms with E-state index in [1.54, 1.807) is 10.9 Å². The summed E-state index contributed by atoms with van der Waals surface area (Å²) in [5.41, 5.74) is 0.458. The van der Waals surface area contributed by atoms with Gasteiger partial charge in [-0.1, -0.05) is 6.42 Å². The van der Waals surface area contributed by atoms with Gasteiger partial charge in [0, 0.05) is 36.2 Å². The number of fused-ring (bicyclic) bond motifs is 1. The lowest BCUT2D eigenvalue weighted by atomic mass is 9.77. The number of anilines is 1. The molecule has 0 spiro atoms. The van der Waals surface area contributed by atoms with Gasteiger partial charge in [-0.05, 0) is 52.9 Å². The zero-order chi connectivity index (χ0) is 25.7. The number of hydrogen-bond donors (Lipinski definition) is 3. The van der Waals surface area contributed by atoms with E-state index < -0.39 is 23.8 Å². The Morgan fingerprint density at radius 1 is 1.14 bits per heavy atom. The predicted octanol–water partition coefficient (Wildman–Crippen LogP) is 2.79. The Balaban J connectivity index is 1.73. The molecule has 11 heteroatoms. The maximum atomic E-state index is 13.1. The van der Waals surface area contributed by atoms with Gasteiger partial charge in [-0.25, -0.2) is 24.2 Å². The van der Waals surface area contributed by atoms with Gasteiger partial charge in [0.05, 0.1) is 18.1 Å². The van der Waals surface area contributed by atoms with Crippen molar-refractivity contribution in [3.05, 3.63) is 24.2 Å². The minimum Gasteiger partial charge on any atom is -0.478 e. The third-order valence-corrected chi connectivity index (χ3v) is 6.58. The molecule has 2 aromatic rings. The first-order valence-corrected chi connectivity index (χ1v) is 12.0. The van der Waals surface area contributed by atoms with Gasteiger partial charge in [0.25, 0.3) is 0 Å². The number of hydrogen-bond acceptors (Lipinski definition) is 7. The number of carbonyl (C=O) groups is 3. The molecule has 3 rings (SSSR count). The number of nitrogens with one attached hydrogen (secondary N) is 1. The van der Waals surface area contributed by atoms with Crippen LogP contribution in [0.5, 0.6) is 0 Å². The highest BCUT2D eigenvalue weighted by Gasteiger charge is 2.32. The molecule has 0 bridgehead atoms. The lowest BCUT2D eigenvalue weighted by Crippen LogP contribution is -2.39. The Bertz CT molecular complexity index is 1100. The van der Waals surface area contributed by atoms with Crippen LogP contribution in [0.2, 0.25) is 0 Å². The quantitative estimate of drug-likeness (QED) is 0.431. The molecule has 1 aliphatic carbocycles. The summed E-state index contributed by atoms with van der Waals surface area (Å²) in [5, 5.41) is 26.4. The highest BCUT2D eigenvalue weighted by molar-refractivity contribution is 5.99. The monoisotopic (exact) mass is 486 g/mol. The SMILES string of the molecule is CC(C)N(CCn1ncc2c(NC(=O)C3CCCC(/C(=C\C(=O)O)C(=O)O)C3)ncnc21)C(C)C. The van der Waals surface area contributed by atoms with Crippen molar-refractivity contribution in [2.75, 3.05) is 11.9 Å². The van der Waals surface area contributed by atoms with Crippen molar-refractivity contribution in [2.24, 2.45) is 11.8 Å². The number of aromatic nitrogens is 4. The Kier molecular flexibility index (Phi) is 8.55.